The van der Waals surface area contributed by atoms with Crippen molar-refractivity contribution in [3.63, 3.8) is 0 Å². The van der Waals surface area contributed by atoms with Gasteiger partial charge in [-0.2, -0.15) is 0 Å². The topological polar surface area (TPSA) is 320 Å². The van der Waals surface area contributed by atoms with Gasteiger partial charge in [0.1, 0.15) is 46.9 Å². The van der Waals surface area contributed by atoms with Crippen LogP contribution in [0.2, 0.25) is 5.02 Å². The maximum atomic E-state index is 14.3. The summed E-state index contributed by atoms with van der Waals surface area (Å²) in [5.41, 5.74) is -0.858. The number of esters is 1. The van der Waals surface area contributed by atoms with Crippen molar-refractivity contribution >= 4 is 81.9 Å². The minimum atomic E-state index is -4.40. The van der Waals surface area contributed by atoms with E-state index in [1.807, 2.05) is 13.0 Å². The molecule has 0 saturated carbocycles. The highest BCUT2D eigenvalue weighted by Crippen LogP contribution is 2.49. The molecular formula is C45H58ClN10O14PS2. The highest BCUT2D eigenvalue weighted by atomic mass is 35.5. The van der Waals surface area contributed by atoms with Gasteiger partial charge in [0.15, 0.2) is 11.5 Å². The van der Waals surface area contributed by atoms with E-state index in [1.54, 1.807) is 45.2 Å². The minimum Gasteiger partial charge on any atom is -0.495 e. The number of allylic oxidation sites excluding steroid dienone is 3. The van der Waals surface area contributed by atoms with Crippen LogP contribution in [0.15, 0.2) is 48.3 Å². The lowest BCUT2D eigenvalue weighted by Crippen LogP contribution is -2.63. The largest absolute Gasteiger partial charge is 0.495 e. The predicted molar refractivity (Wildman–Crippen MR) is 268 cm³/mol. The molecule has 2 saturated heterocycles. The summed E-state index contributed by atoms with van der Waals surface area (Å²) in [5.74, 6) is -1.76. The monoisotopic (exact) mass is 1090 g/mol. The number of fused-ring (bicyclic) bond motifs is 5. The van der Waals surface area contributed by atoms with Crippen LogP contribution in [0.3, 0.4) is 0 Å². The van der Waals surface area contributed by atoms with Gasteiger partial charge in [-0.15, -0.1) is 20.4 Å². The van der Waals surface area contributed by atoms with Gasteiger partial charge >= 0.3 is 19.7 Å². The zero-order chi connectivity index (χ0) is 53.4. The van der Waals surface area contributed by atoms with Crippen molar-refractivity contribution in [2.45, 2.75) is 108 Å². The Labute approximate surface area is 433 Å². The molecule has 1 aromatic carbocycles. The average Bonchev–Trinajstić information content (AvgIpc) is 4.04. The van der Waals surface area contributed by atoms with Crippen LogP contribution in [-0.2, 0) is 55.3 Å². The van der Waals surface area contributed by atoms with Crippen molar-refractivity contribution in [1.82, 2.24) is 40.6 Å². The number of amides is 4. The van der Waals surface area contributed by atoms with Crippen LogP contribution >= 0.6 is 40.8 Å². The fourth-order valence-electron chi connectivity index (χ4n) is 8.09. The number of carbonyl (C=O) groups excluding carboxylic acids is 5. The van der Waals surface area contributed by atoms with E-state index in [0.29, 0.717) is 35.1 Å². The summed E-state index contributed by atoms with van der Waals surface area (Å²) >= 11 is 6.80. The summed E-state index contributed by atoms with van der Waals surface area (Å²) in [7, 11) is 4.24. The summed E-state index contributed by atoms with van der Waals surface area (Å²) in [5, 5.41) is 31.9. The number of nitrogens with zero attached hydrogens (tertiary/aromatic N) is 8. The van der Waals surface area contributed by atoms with Gasteiger partial charge in [-0.05, 0) is 44.9 Å². The standard InChI is InChI=1S/C45H58ClN10O14PS2/c1-24-10-9-11-32(67-8)45(62)20-31(68-43(61)50-45)25(2)39-44(4,70-39)33(19-37(59)56(6)29-17-27(16-24)18-30(66-7)38(29)46)69-42(60)26(3)55(5)36(58)13-15-73-72-14-12-35(57)49-28-21-47-40(48-22-28)41-53-51-34(52-54-41)23-71(63,64)65/h9-11,17-18,21-22,25-26,31-33,39,62H,12-16,19-20,23H2,1-8H3,(H,49,57)(H,50,61)(H2,63,64,65)/b11-9+,24-10+/t25-,26-,31-,32+,33-,39+,44-,45-/m0/s1. The summed E-state index contributed by atoms with van der Waals surface area (Å²) in [6, 6.07) is 2.44. The van der Waals surface area contributed by atoms with Crippen molar-refractivity contribution in [3.05, 3.63) is 64.7 Å². The summed E-state index contributed by atoms with van der Waals surface area (Å²) in [6.07, 6.45) is 2.55. The number of hydrogen-bond donors (Lipinski definition) is 5. The van der Waals surface area contributed by atoms with Crippen LogP contribution < -0.4 is 20.3 Å². The molecule has 3 aromatic rings. The van der Waals surface area contributed by atoms with Crippen LogP contribution in [-0.4, -0.2) is 162 Å². The van der Waals surface area contributed by atoms with Crippen LogP contribution in [0.5, 0.6) is 5.75 Å². The number of carbonyl (C=O) groups is 5. The molecule has 396 valence electrons. The second-order valence-corrected chi connectivity index (χ2v) is 22.6. The molecule has 73 heavy (non-hydrogen) atoms. The van der Waals surface area contributed by atoms with Gasteiger partial charge < -0.3 is 53.7 Å². The fourth-order valence-corrected chi connectivity index (χ4v) is 10.9. The number of likely N-dealkylation sites (N-methyl/N-ethyl adjacent to an activating group) is 1. The number of aliphatic hydroxyl groups is 1. The number of methoxy groups -OCH3 is 2. The number of hydrogen-bond acceptors (Lipinski definition) is 20. The molecule has 2 aromatic heterocycles. The highest BCUT2D eigenvalue weighted by Gasteiger charge is 2.64. The van der Waals surface area contributed by atoms with Crippen molar-refractivity contribution in [2.24, 2.45) is 5.92 Å². The predicted octanol–water partition coefficient (Wildman–Crippen LogP) is 4.03. The van der Waals surface area contributed by atoms with E-state index in [0.717, 1.165) is 11.1 Å². The van der Waals surface area contributed by atoms with Crippen LogP contribution in [0, 0.1) is 5.92 Å². The van der Waals surface area contributed by atoms with E-state index in [-0.39, 0.29) is 60.0 Å². The molecule has 28 heteroatoms. The van der Waals surface area contributed by atoms with Gasteiger partial charge in [0.2, 0.25) is 29.4 Å². The second kappa shape index (κ2) is 24.4. The van der Waals surface area contributed by atoms with Gasteiger partial charge in [0, 0.05) is 57.9 Å². The molecule has 3 aliphatic rings. The number of epoxide rings is 1. The first-order chi connectivity index (χ1) is 34.4. The Morgan fingerprint density at radius 3 is 2.40 bits per heavy atom. The number of halogens is 1. The lowest BCUT2D eigenvalue weighted by Gasteiger charge is -2.42. The number of aromatic nitrogens is 6. The SMILES string of the molecule is COc1cc2cc(c1Cl)N(C)C(=O)C[C@H](OC(=O)[C@H](C)N(C)C(=O)CCSSCCC(=O)Nc1cnc(-c3nnc(CP(=O)(O)O)nn3)nc1)[C@]1(C)O[C@@H]1[C@@H](C)[C@@H]1C[C@@](O)(NC(=O)O1)[C@H](OC)/C=C/C=C(\C)C2. The number of benzene rings is 1. The summed E-state index contributed by atoms with van der Waals surface area (Å²) in [6.45, 7) is 6.86. The van der Waals surface area contributed by atoms with E-state index in [4.69, 9.17) is 45.1 Å². The summed E-state index contributed by atoms with van der Waals surface area (Å²) in [4.78, 5) is 96.2. The van der Waals surface area contributed by atoms with Gasteiger partial charge in [-0.3, -0.25) is 24.3 Å². The molecule has 5 N–H and O–H groups in total. The molecule has 6 rings (SSSR count). The van der Waals surface area contributed by atoms with E-state index >= 15 is 0 Å². The Morgan fingerprint density at radius 2 is 1.75 bits per heavy atom. The fraction of sp³-hybridized carbons (Fsp3) is 0.533. The zero-order valence-corrected chi connectivity index (χ0v) is 44.5. The zero-order valence-electron chi connectivity index (χ0n) is 41.2. The van der Waals surface area contributed by atoms with Crippen LogP contribution in [0.25, 0.3) is 11.6 Å². The van der Waals surface area contributed by atoms with Gasteiger partial charge in [0.25, 0.3) is 0 Å². The van der Waals surface area contributed by atoms with Gasteiger partial charge in [-0.25, -0.2) is 19.6 Å². The maximum absolute atomic E-state index is 14.3. The van der Waals surface area contributed by atoms with E-state index in [1.165, 1.54) is 72.0 Å². The first-order valence-electron chi connectivity index (χ1n) is 22.8. The lowest BCUT2D eigenvalue weighted by molar-refractivity contribution is -0.162. The number of anilines is 2. The molecule has 2 fully saturated rings. The van der Waals surface area contributed by atoms with Crippen LogP contribution in [0.4, 0.5) is 16.2 Å². The normalized spacial score (nSPS) is 25.9. The molecule has 4 bridgehead atoms. The van der Waals surface area contributed by atoms with E-state index in [9.17, 15) is 33.6 Å². The smallest absolute Gasteiger partial charge is 0.409 e. The Bertz CT molecular complexity index is 2640. The molecule has 0 spiro atoms. The van der Waals surface area contributed by atoms with Crippen molar-refractivity contribution in [3.8, 4) is 17.4 Å². The third kappa shape index (κ3) is 14.7. The Balaban J connectivity index is 1.06. The number of nitrogens with one attached hydrogen (secondary N) is 2. The molecule has 0 unspecified atom stereocenters. The number of ether oxygens (including phenoxy) is 5. The molecule has 0 aliphatic carbocycles. The maximum Gasteiger partial charge on any atom is 0.409 e. The van der Waals surface area contributed by atoms with E-state index in [2.05, 4.69) is 41.0 Å². The van der Waals surface area contributed by atoms with E-state index < -0.39 is 79.4 Å². The first-order valence-corrected chi connectivity index (χ1v) is 27.4. The highest BCUT2D eigenvalue weighted by molar-refractivity contribution is 8.76. The minimum absolute atomic E-state index is 0.0270. The summed E-state index contributed by atoms with van der Waals surface area (Å²) < 4.78 is 40.5. The number of alkyl carbamates (subject to hydrolysis) is 1. The van der Waals surface area contributed by atoms with Crippen LogP contribution in [0.1, 0.15) is 64.8 Å². The Kier molecular flexibility index (Phi) is 19.0. The quantitative estimate of drug-likeness (QED) is 0.0444. The molecule has 0 radical (unpaired) electrons. The first kappa shape index (κ1) is 57.0. The molecule has 5 heterocycles. The van der Waals surface area contributed by atoms with Crippen molar-refractivity contribution < 1.29 is 67.1 Å². The van der Waals surface area contributed by atoms with Crippen molar-refractivity contribution in [2.75, 3.05) is 50.0 Å². The third-order valence-electron chi connectivity index (χ3n) is 12.4. The Morgan fingerprint density at radius 1 is 1.08 bits per heavy atom. The molecule has 24 nitrogen and oxygen atoms in total. The number of rotatable bonds is 16. The molecule has 4 amide bonds. The molecular weight excluding hydrogens is 1040 g/mol. The molecule has 8 atom stereocenters. The van der Waals surface area contributed by atoms with Gasteiger partial charge in [-0.1, -0.05) is 63.9 Å². The van der Waals surface area contributed by atoms with Crippen molar-refractivity contribution in [1.29, 1.82) is 0 Å². The average molecular weight is 1090 g/mol. The lowest BCUT2D eigenvalue weighted by atomic mass is 9.83. The third-order valence-corrected chi connectivity index (χ3v) is 15.9. The van der Waals surface area contributed by atoms with Gasteiger partial charge in [0.05, 0.1) is 43.4 Å². The molecule has 3 aliphatic heterocycles. The second-order valence-electron chi connectivity index (χ2n) is 17.9. The Hall–Kier alpha value is -5.31.